The molecule has 0 spiro atoms. The molecule has 0 fully saturated rings. The van der Waals surface area contributed by atoms with Gasteiger partial charge in [-0.25, -0.2) is 4.98 Å². The van der Waals surface area contributed by atoms with Gasteiger partial charge < -0.3 is 15.4 Å². The standard InChI is InChI=1S/C15H13N3O3/c1-9-6-7-12(16-8-9)18-15(20)13-14(19)17-10-4-2-3-5-11(10)21-13/h2-8,13H,1H3,(H,17,19)(H,16,18,20). The van der Waals surface area contributed by atoms with Gasteiger partial charge in [0.2, 0.25) is 0 Å². The minimum absolute atomic E-state index is 0.376. The summed E-state index contributed by atoms with van der Waals surface area (Å²) in [6, 6.07) is 10.4. The Kier molecular flexibility index (Phi) is 3.27. The summed E-state index contributed by atoms with van der Waals surface area (Å²) in [4.78, 5) is 28.1. The van der Waals surface area contributed by atoms with Gasteiger partial charge in [-0.1, -0.05) is 18.2 Å². The Morgan fingerprint density at radius 2 is 2.10 bits per heavy atom. The number of fused-ring (bicyclic) bond motifs is 1. The lowest BCUT2D eigenvalue weighted by molar-refractivity contribution is -0.133. The zero-order valence-corrected chi connectivity index (χ0v) is 11.3. The minimum atomic E-state index is -1.23. The first-order valence-electron chi connectivity index (χ1n) is 6.43. The van der Waals surface area contributed by atoms with Crippen LogP contribution in [0.4, 0.5) is 11.5 Å². The summed E-state index contributed by atoms with van der Waals surface area (Å²) in [5.41, 5.74) is 1.54. The van der Waals surface area contributed by atoms with E-state index in [2.05, 4.69) is 15.6 Å². The average Bonchev–Trinajstić information content (AvgIpc) is 2.49. The Hall–Kier alpha value is -2.89. The number of nitrogens with zero attached hydrogens (tertiary/aromatic N) is 1. The van der Waals surface area contributed by atoms with Crippen molar-refractivity contribution in [2.24, 2.45) is 0 Å². The molecule has 106 valence electrons. The first-order valence-corrected chi connectivity index (χ1v) is 6.43. The molecule has 0 bridgehead atoms. The SMILES string of the molecule is Cc1ccc(NC(=O)C2Oc3ccccc3NC2=O)nc1. The fourth-order valence-electron chi connectivity index (χ4n) is 1.96. The van der Waals surface area contributed by atoms with E-state index in [4.69, 9.17) is 4.74 Å². The molecule has 0 saturated heterocycles. The van der Waals surface area contributed by atoms with Crippen molar-refractivity contribution in [3.05, 3.63) is 48.2 Å². The van der Waals surface area contributed by atoms with Crippen molar-refractivity contribution in [3.8, 4) is 5.75 Å². The van der Waals surface area contributed by atoms with Gasteiger partial charge in [-0.05, 0) is 30.7 Å². The van der Waals surface area contributed by atoms with E-state index in [9.17, 15) is 9.59 Å². The zero-order valence-electron chi connectivity index (χ0n) is 11.3. The molecule has 6 heteroatoms. The number of anilines is 2. The predicted molar refractivity (Wildman–Crippen MR) is 77.1 cm³/mol. The molecule has 0 radical (unpaired) electrons. The summed E-state index contributed by atoms with van der Waals surface area (Å²) in [5.74, 6) is -0.216. The van der Waals surface area contributed by atoms with Crippen LogP contribution in [0.25, 0.3) is 0 Å². The summed E-state index contributed by atoms with van der Waals surface area (Å²) in [6.07, 6.45) is 0.398. The number of amides is 2. The molecule has 0 aliphatic carbocycles. The third-order valence-electron chi connectivity index (χ3n) is 3.03. The van der Waals surface area contributed by atoms with Crippen molar-refractivity contribution in [2.75, 3.05) is 10.6 Å². The van der Waals surface area contributed by atoms with E-state index in [1.54, 1.807) is 36.5 Å². The number of carbonyl (C=O) groups is 2. The van der Waals surface area contributed by atoms with Gasteiger partial charge in [0.1, 0.15) is 11.6 Å². The number of pyridine rings is 1. The van der Waals surface area contributed by atoms with Gasteiger partial charge in [0.05, 0.1) is 5.69 Å². The van der Waals surface area contributed by atoms with Crippen LogP contribution in [-0.2, 0) is 9.59 Å². The highest BCUT2D eigenvalue weighted by atomic mass is 16.5. The van der Waals surface area contributed by atoms with Gasteiger partial charge in [0.15, 0.2) is 0 Å². The monoisotopic (exact) mass is 283 g/mol. The largest absolute Gasteiger partial charge is 0.468 e. The van der Waals surface area contributed by atoms with Crippen LogP contribution < -0.4 is 15.4 Å². The van der Waals surface area contributed by atoms with Crippen LogP contribution in [0.5, 0.6) is 5.75 Å². The number of hydrogen-bond acceptors (Lipinski definition) is 4. The second kappa shape index (κ2) is 5.24. The molecule has 3 rings (SSSR count). The van der Waals surface area contributed by atoms with Crippen LogP contribution in [0.3, 0.4) is 0 Å². The smallest absolute Gasteiger partial charge is 0.276 e. The molecule has 1 unspecified atom stereocenters. The molecule has 2 heterocycles. The van der Waals surface area contributed by atoms with Crippen molar-refractivity contribution in [1.29, 1.82) is 0 Å². The van der Waals surface area contributed by atoms with Gasteiger partial charge in [0.25, 0.3) is 17.9 Å². The molecule has 2 amide bonds. The first-order chi connectivity index (χ1) is 10.1. The highest BCUT2D eigenvalue weighted by Crippen LogP contribution is 2.29. The molecular weight excluding hydrogens is 270 g/mol. The number of ether oxygens (including phenoxy) is 1. The van der Waals surface area contributed by atoms with Crippen molar-refractivity contribution in [3.63, 3.8) is 0 Å². The molecule has 1 aliphatic rings. The minimum Gasteiger partial charge on any atom is -0.468 e. The first kappa shape index (κ1) is 13.1. The summed E-state index contributed by atoms with van der Waals surface area (Å²) < 4.78 is 5.45. The lowest BCUT2D eigenvalue weighted by Crippen LogP contribution is -2.45. The Morgan fingerprint density at radius 1 is 1.29 bits per heavy atom. The number of aryl methyl sites for hydroxylation is 1. The highest BCUT2D eigenvalue weighted by molar-refractivity contribution is 6.14. The molecule has 2 N–H and O–H groups in total. The van der Waals surface area contributed by atoms with Crippen molar-refractivity contribution in [2.45, 2.75) is 13.0 Å². The number of aromatic nitrogens is 1. The Labute approximate surface area is 121 Å². The normalized spacial score (nSPS) is 16.4. The number of carbonyl (C=O) groups excluding carboxylic acids is 2. The van der Waals surface area contributed by atoms with E-state index in [0.717, 1.165) is 5.56 Å². The maximum absolute atomic E-state index is 12.1. The van der Waals surface area contributed by atoms with E-state index in [1.807, 2.05) is 13.0 Å². The highest BCUT2D eigenvalue weighted by Gasteiger charge is 2.33. The molecule has 1 atom stereocenters. The van der Waals surface area contributed by atoms with Crippen LogP contribution in [-0.4, -0.2) is 22.9 Å². The van der Waals surface area contributed by atoms with Crippen LogP contribution in [0.15, 0.2) is 42.6 Å². The zero-order chi connectivity index (χ0) is 14.8. The Morgan fingerprint density at radius 3 is 2.86 bits per heavy atom. The van der Waals surface area contributed by atoms with Crippen molar-refractivity contribution >= 4 is 23.3 Å². The van der Waals surface area contributed by atoms with Crippen LogP contribution in [0.1, 0.15) is 5.56 Å². The van der Waals surface area contributed by atoms with Crippen LogP contribution >= 0.6 is 0 Å². The predicted octanol–water partition coefficient (Wildman–Crippen LogP) is 1.73. The molecule has 1 aromatic carbocycles. The van der Waals surface area contributed by atoms with Gasteiger partial charge in [-0.2, -0.15) is 0 Å². The van der Waals surface area contributed by atoms with Gasteiger partial charge >= 0.3 is 0 Å². The second-order valence-corrected chi connectivity index (χ2v) is 4.69. The number of nitrogens with one attached hydrogen (secondary N) is 2. The van der Waals surface area contributed by atoms with E-state index < -0.39 is 17.9 Å². The molecule has 21 heavy (non-hydrogen) atoms. The Balaban J connectivity index is 1.76. The van der Waals surface area contributed by atoms with Gasteiger partial charge in [0, 0.05) is 6.20 Å². The van der Waals surface area contributed by atoms with Crippen molar-refractivity contribution in [1.82, 2.24) is 4.98 Å². The average molecular weight is 283 g/mol. The maximum atomic E-state index is 12.1. The molecule has 0 saturated carbocycles. The molecule has 2 aromatic rings. The van der Waals surface area contributed by atoms with E-state index in [1.165, 1.54) is 0 Å². The van der Waals surface area contributed by atoms with E-state index >= 15 is 0 Å². The number of para-hydroxylation sites is 2. The summed E-state index contributed by atoms with van der Waals surface area (Å²) in [5, 5.41) is 5.20. The number of rotatable bonds is 2. The lowest BCUT2D eigenvalue weighted by atomic mass is 10.2. The van der Waals surface area contributed by atoms with E-state index in [-0.39, 0.29) is 0 Å². The number of hydrogen-bond donors (Lipinski definition) is 2. The quantitative estimate of drug-likeness (QED) is 0.822. The molecular formula is C15H13N3O3. The molecule has 1 aromatic heterocycles. The molecule has 1 aliphatic heterocycles. The van der Waals surface area contributed by atoms with Crippen molar-refractivity contribution < 1.29 is 14.3 Å². The summed E-state index contributed by atoms with van der Waals surface area (Å²) >= 11 is 0. The third kappa shape index (κ3) is 2.69. The maximum Gasteiger partial charge on any atom is 0.276 e. The summed E-state index contributed by atoms with van der Waals surface area (Å²) in [7, 11) is 0. The topological polar surface area (TPSA) is 80.3 Å². The van der Waals surface area contributed by atoms with Crippen LogP contribution in [0, 0.1) is 6.92 Å². The van der Waals surface area contributed by atoms with Gasteiger partial charge in [-0.15, -0.1) is 0 Å². The molecule has 6 nitrogen and oxygen atoms in total. The fourth-order valence-corrected chi connectivity index (χ4v) is 1.96. The van der Waals surface area contributed by atoms with E-state index in [0.29, 0.717) is 17.3 Å². The number of benzene rings is 1. The van der Waals surface area contributed by atoms with Crippen LogP contribution in [0.2, 0.25) is 0 Å². The third-order valence-corrected chi connectivity index (χ3v) is 3.03. The lowest BCUT2D eigenvalue weighted by Gasteiger charge is -2.24. The van der Waals surface area contributed by atoms with Gasteiger partial charge in [-0.3, -0.25) is 9.59 Å². The fraction of sp³-hybridized carbons (Fsp3) is 0.133. The Bertz CT molecular complexity index is 698. The second-order valence-electron chi connectivity index (χ2n) is 4.69. The summed E-state index contributed by atoms with van der Waals surface area (Å²) in [6.45, 7) is 1.90.